The zero-order chi connectivity index (χ0) is 12.2. The minimum Gasteiger partial charge on any atom is -0.0654 e. The van der Waals surface area contributed by atoms with Crippen molar-refractivity contribution in [1.29, 1.82) is 0 Å². The van der Waals surface area contributed by atoms with Gasteiger partial charge in [-0.05, 0) is 18.3 Å². The number of rotatable bonds is 11. The van der Waals surface area contributed by atoms with Gasteiger partial charge in [0.05, 0.1) is 0 Å². The van der Waals surface area contributed by atoms with Crippen LogP contribution in [0.3, 0.4) is 0 Å². The van der Waals surface area contributed by atoms with Gasteiger partial charge in [-0.2, -0.15) is 0 Å². The summed E-state index contributed by atoms with van der Waals surface area (Å²) in [4.78, 5) is 0. The van der Waals surface area contributed by atoms with Crippen LogP contribution in [0.5, 0.6) is 0 Å². The molecule has 0 N–H and O–H groups in total. The lowest BCUT2D eigenvalue weighted by Crippen LogP contribution is -2.07. The summed E-state index contributed by atoms with van der Waals surface area (Å²) in [5, 5.41) is 0. The summed E-state index contributed by atoms with van der Waals surface area (Å²) in [6, 6.07) is 0. The molecule has 0 saturated heterocycles. The van der Waals surface area contributed by atoms with E-state index in [4.69, 9.17) is 0 Å². The predicted molar refractivity (Wildman–Crippen MR) is 75.8 cm³/mol. The maximum absolute atomic E-state index is 2.46. The van der Waals surface area contributed by atoms with E-state index in [-0.39, 0.29) is 0 Å². The summed E-state index contributed by atoms with van der Waals surface area (Å²) in [5.74, 6) is 1.97. The molecule has 0 radical (unpaired) electrons. The van der Waals surface area contributed by atoms with Gasteiger partial charge in [-0.25, -0.2) is 0 Å². The zero-order valence-corrected chi connectivity index (χ0v) is 12.2. The zero-order valence-electron chi connectivity index (χ0n) is 12.2. The second kappa shape index (κ2) is 11.5. The van der Waals surface area contributed by atoms with E-state index in [0.29, 0.717) is 0 Å². The fourth-order valence-corrected chi connectivity index (χ4v) is 2.71. The van der Waals surface area contributed by atoms with Crippen molar-refractivity contribution in [2.45, 2.75) is 91.9 Å². The minimum absolute atomic E-state index is 0.958. The van der Waals surface area contributed by atoms with E-state index in [1.54, 1.807) is 0 Å². The van der Waals surface area contributed by atoms with Crippen LogP contribution in [0.25, 0.3) is 0 Å². The van der Waals surface area contributed by atoms with Crippen molar-refractivity contribution in [2.75, 3.05) is 0 Å². The molecule has 98 valence electrons. The van der Waals surface area contributed by atoms with Crippen molar-refractivity contribution in [1.82, 2.24) is 0 Å². The third kappa shape index (κ3) is 9.24. The highest BCUT2D eigenvalue weighted by atomic mass is 14.2. The summed E-state index contributed by atoms with van der Waals surface area (Å²) < 4.78 is 0. The summed E-state index contributed by atoms with van der Waals surface area (Å²) in [7, 11) is 0. The van der Waals surface area contributed by atoms with Crippen LogP contribution in [0.4, 0.5) is 0 Å². The van der Waals surface area contributed by atoms with Gasteiger partial charge in [0.1, 0.15) is 0 Å². The maximum Gasteiger partial charge on any atom is -0.0412 e. The minimum atomic E-state index is 0.958. The first kappa shape index (κ1) is 16.0. The van der Waals surface area contributed by atoms with Crippen molar-refractivity contribution >= 4 is 0 Å². The lowest BCUT2D eigenvalue weighted by molar-refractivity contribution is 0.323. The number of unbranched alkanes of at least 4 members (excludes halogenated alkanes) is 3. The first-order chi connectivity index (χ1) is 7.74. The lowest BCUT2D eigenvalue weighted by atomic mass is 9.86. The normalized spacial score (nSPS) is 15.0. The Morgan fingerprint density at radius 3 is 1.94 bits per heavy atom. The van der Waals surface area contributed by atoms with Crippen LogP contribution in [-0.2, 0) is 0 Å². The quantitative estimate of drug-likeness (QED) is 0.368. The fourth-order valence-electron chi connectivity index (χ4n) is 2.71. The summed E-state index contributed by atoms with van der Waals surface area (Å²) in [5.41, 5.74) is 0. The summed E-state index contributed by atoms with van der Waals surface area (Å²) in [6.07, 6.45) is 14.3. The molecule has 0 aromatic carbocycles. The molecule has 0 bridgehead atoms. The van der Waals surface area contributed by atoms with Gasteiger partial charge >= 0.3 is 0 Å². The molecule has 2 atom stereocenters. The van der Waals surface area contributed by atoms with Gasteiger partial charge < -0.3 is 0 Å². The van der Waals surface area contributed by atoms with Crippen molar-refractivity contribution in [3.63, 3.8) is 0 Å². The van der Waals surface area contributed by atoms with Gasteiger partial charge in [-0.3, -0.25) is 0 Å². The molecule has 16 heavy (non-hydrogen) atoms. The van der Waals surface area contributed by atoms with E-state index in [1.807, 2.05) is 0 Å². The smallest absolute Gasteiger partial charge is 0.0412 e. The highest BCUT2D eigenvalue weighted by molar-refractivity contribution is 4.64. The number of hydrogen-bond donors (Lipinski definition) is 0. The fraction of sp³-hybridized carbons (Fsp3) is 1.00. The van der Waals surface area contributed by atoms with E-state index < -0.39 is 0 Å². The Morgan fingerprint density at radius 2 is 1.38 bits per heavy atom. The van der Waals surface area contributed by atoms with E-state index in [0.717, 1.165) is 11.8 Å². The van der Waals surface area contributed by atoms with Crippen LogP contribution >= 0.6 is 0 Å². The predicted octanol–water partition coefficient (Wildman–Crippen LogP) is 6.20. The van der Waals surface area contributed by atoms with Gasteiger partial charge in [-0.15, -0.1) is 0 Å². The Balaban J connectivity index is 3.68. The molecule has 0 heterocycles. The van der Waals surface area contributed by atoms with Crippen molar-refractivity contribution in [2.24, 2.45) is 11.8 Å². The molecule has 0 aliphatic carbocycles. The van der Waals surface area contributed by atoms with E-state index in [9.17, 15) is 0 Å². The Labute approximate surface area is 104 Å². The second-order valence-corrected chi connectivity index (χ2v) is 5.63. The van der Waals surface area contributed by atoms with Gasteiger partial charge in [0, 0.05) is 0 Å². The van der Waals surface area contributed by atoms with Crippen LogP contribution in [0.15, 0.2) is 0 Å². The molecule has 0 rings (SSSR count). The third-order valence-corrected chi connectivity index (χ3v) is 3.70. The van der Waals surface area contributed by atoms with Gasteiger partial charge in [0.15, 0.2) is 0 Å². The maximum atomic E-state index is 2.46. The SMILES string of the molecule is CCCCCC(C)CC(CCC)CCCC. The van der Waals surface area contributed by atoms with Crippen LogP contribution in [0.2, 0.25) is 0 Å². The Morgan fingerprint density at radius 1 is 0.688 bits per heavy atom. The first-order valence-corrected chi connectivity index (χ1v) is 7.74. The molecule has 0 aliphatic heterocycles. The molecule has 0 heteroatoms. The molecule has 0 nitrogen and oxygen atoms in total. The molecule has 0 fully saturated rings. The van der Waals surface area contributed by atoms with E-state index in [1.165, 1.54) is 64.2 Å². The third-order valence-electron chi connectivity index (χ3n) is 3.70. The van der Waals surface area contributed by atoms with Crippen molar-refractivity contribution < 1.29 is 0 Å². The highest BCUT2D eigenvalue weighted by Crippen LogP contribution is 2.25. The Kier molecular flexibility index (Phi) is 11.5. The van der Waals surface area contributed by atoms with E-state index >= 15 is 0 Å². The molecule has 0 spiro atoms. The van der Waals surface area contributed by atoms with Crippen LogP contribution in [0.1, 0.15) is 91.9 Å². The molecule has 0 aliphatic rings. The summed E-state index contributed by atoms with van der Waals surface area (Å²) in [6.45, 7) is 9.41. The van der Waals surface area contributed by atoms with Gasteiger partial charge in [-0.1, -0.05) is 85.5 Å². The largest absolute Gasteiger partial charge is 0.0654 e. The first-order valence-electron chi connectivity index (χ1n) is 7.74. The molecular weight excluding hydrogens is 192 g/mol. The molecule has 0 aromatic rings. The molecular formula is C16H34. The van der Waals surface area contributed by atoms with Gasteiger partial charge in [0.25, 0.3) is 0 Å². The lowest BCUT2D eigenvalue weighted by Gasteiger charge is -2.20. The highest BCUT2D eigenvalue weighted by Gasteiger charge is 2.11. The van der Waals surface area contributed by atoms with Crippen LogP contribution in [-0.4, -0.2) is 0 Å². The molecule has 2 unspecified atom stereocenters. The second-order valence-electron chi connectivity index (χ2n) is 5.63. The van der Waals surface area contributed by atoms with Gasteiger partial charge in [0.2, 0.25) is 0 Å². The average molecular weight is 226 g/mol. The molecule has 0 aromatic heterocycles. The monoisotopic (exact) mass is 226 g/mol. The Hall–Kier alpha value is 0. The molecule has 0 saturated carbocycles. The van der Waals surface area contributed by atoms with Crippen molar-refractivity contribution in [3.05, 3.63) is 0 Å². The standard InChI is InChI=1S/C16H34/c1-5-8-10-12-15(4)14-16(11-7-3)13-9-6-2/h15-16H,5-14H2,1-4H3. The topological polar surface area (TPSA) is 0 Å². The van der Waals surface area contributed by atoms with Crippen LogP contribution < -0.4 is 0 Å². The number of hydrogen-bond acceptors (Lipinski definition) is 0. The summed E-state index contributed by atoms with van der Waals surface area (Å²) >= 11 is 0. The van der Waals surface area contributed by atoms with Crippen LogP contribution in [0, 0.1) is 11.8 Å². The van der Waals surface area contributed by atoms with Crippen molar-refractivity contribution in [3.8, 4) is 0 Å². The molecule has 0 amide bonds. The van der Waals surface area contributed by atoms with E-state index in [2.05, 4.69) is 27.7 Å². The Bertz CT molecular complexity index is 128. The average Bonchev–Trinajstić information content (AvgIpc) is 2.26.